The number of fused-ring (bicyclic) bond motifs is 1. The van der Waals surface area contributed by atoms with E-state index >= 15 is 0 Å². The van der Waals surface area contributed by atoms with Crippen molar-refractivity contribution < 1.29 is 4.79 Å². The van der Waals surface area contributed by atoms with Crippen molar-refractivity contribution in [1.82, 2.24) is 15.2 Å². The van der Waals surface area contributed by atoms with E-state index in [4.69, 9.17) is 0 Å². The highest BCUT2D eigenvalue weighted by Gasteiger charge is 2.22. The molecule has 1 atom stereocenters. The lowest BCUT2D eigenvalue weighted by Crippen LogP contribution is -2.43. The third-order valence-corrected chi connectivity index (χ3v) is 4.07. The van der Waals surface area contributed by atoms with Gasteiger partial charge >= 0.3 is 0 Å². The van der Waals surface area contributed by atoms with E-state index in [9.17, 15) is 4.79 Å². The van der Waals surface area contributed by atoms with Crippen LogP contribution >= 0.6 is 0 Å². The van der Waals surface area contributed by atoms with E-state index in [0.717, 1.165) is 38.0 Å². The largest absolute Gasteiger partial charge is 0.361 e. The molecule has 4 heteroatoms. The van der Waals surface area contributed by atoms with Crippen molar-refractivity contribution in [3.63, 3.8) is 0 Å². The van der Waals surface area contributed by atoms with Crippen LogP contribution in [0.4, 0.5) is 0 Å². The number of hydrogen-bond acceptors (Lipinski definition) is 2. The zero-order valence-corrected chi connectivity index (χ0v) is 11.9. The van der Waals surface area contributed by atoms with Crippen molar-refractivity contribution in [3.8, 4) is 0 Å². The molecule has 0 bridgehead atoms. The molecule has 1 amide bonds. The van der Waals surface area contributed by atoms with Crippen molar-refractivity contribution in [3.05, 3.63) is 36.0 Å². The number of carbonyl (C=O) groups excluding carboxylic acids is 1. The molecule has 0 spiro atoms. The monoisotopic (exact) mass is 271 g/mol. The van der Waals surface area contributed by atoms with Gasteiger partial charge in [-0.25, -0.2) is 0 Å². The molecule has 1 unspecified atom stereocenters. The van der Waals surface area contributed by atoms with Gasteiger partial charge in [0, 0.05) is 36.7 Å². The summed E-state index contributed by atoms with van der Waals surface area (Å²) in [6.45, 7) is 4.50. The van der Waals surface area contributed by atoms with Gasteiger partial charge in [-0.15, -0.1) is 0 Å². The van der Waals surface area contributed by atoms with Crippen LogP contribution in [-0.4, -0.2) is 34.9 Å². The lowest BCUT2D eigenvalue weighted by Gasteiger charge is -2.21. The van der Waals surface area contributed by atoms with E-state index in [1.165, 1.54) is 10.9 Å². The summed E-state index contributed by atoms with van der Waals surface area (Å²) in [5.41, 5.74) is 2.37. The minimum Gasteiger partial charge on any atom is -0.361 e. The van der Waals surface area contributed by atoms with Crippen LogP contribution in [0.5, 0.6) is 0 Å². The van der Waals surface area contributed by atoms with E-state index in [1.54, 1.807) is 0 Å². The first-order chi connectivity index (χ1) is 9.75. The number of amides is 1. The Balaban J connectivity index is 1.64. The number of aromatic amines is 1. The highest BCUT2D eigenvalue weighted by atomic mass is 16.2. The fourth-order valence-electron chi connectivity index (χ4n) is 2.87. The quantitative estimate of drug-likeness (QED) is 0.896. The van der Waals surface area contributed by atoms with Gasteiger partial charge < -0.3 is 15.2 Å². The van der Waals surface area contributed by atoms with Crippen LogP contribution in [0.15, 0.2) is 30.5 Å². The molecule has 1 aromatic heterocycles. The SMILES string of the molecule is CC(NCc1cccc2[nH]ccc12)C(=O)N1CCCC1. The van der Waals surface area contributed by atoms with Gasteiger partial charge in [0.15, 0.2) is 0 Å². The first-order valence-electron chi connectivity index (χ1n) is 7.33. The summed E-state index contributed by atoms with van der Waals surface area (Å²) in [6.07, 6.45) is 4.23. The Kier molecular flexibility index (Phi) is 3.74. The first kappa shape index (κ1) is 13.2. The second kappa shape index (κ2) is 5.67. The molecule has 3 rings (SSSR count). The van der Waals surface area contributed by atoms with Gasteiger partial charge in [-0.1, -0.05) is 12.1 Å². The molecule has 1 aliphatic heterocycles. The van der Waals surface area contributed by atoms with Crippen molar-refractivity contribution in [2.45, 2.75) is 32.4 Å². The molecule has 1 aliphatic rings. The highest BCUT2D eigenvalue weighted by molar-refractivity contribution is 5.83. The summed E-state index contributed by atoms with van der Waals surface area (Å²) in [5, 5.41) is 4.58. The van der Waals surface area contributed by atoms with Gasteiger partial charge in [0.1, 0.15) is 0 Å². The summed E-state index contributed by atoms with van der Waals surface area (Å²) in [6, 6.07) is 8.18. The minimum absolute atomic E-state index is 0.123. The second-order valence-electron chi connectivity index (χ2n) is 5.49. The normalized spacial score (nSPS) is 16.8. The number of carbonyl (C=O) groups is 1. The lowest BCUT2D eigenvalue weighted by molar-refractivity contribution is -0.131. The van der Waals surface area contributed by atoms with Crippen molar-refractivity contribution >= 4 is 16.8 Å². The van der Waals surface area contributed by atoms with Crippen LogP contribution in [-0.2, 0) is 11.3 Å². The maximum absolute atomic E-state index is 12.2. The Hall–Kier alpha value is -1.81. The lowest BCUT2D eigenvalue weighted by atomic mass is 10.1. The third kappa shape index (κ3) is 2.56. The standard InChI is InChI=1S/C16H21N3O/c1-12(16(20)19-9-2-3-10-19)18-11-13-5-4-6-15-14(13)7-8-17-15/h4-8,12,17-18H,2-3,9-11H2,1H3. The molecule has 0 radical (unpaired) electrons. The van der Waals surface area contributed by atoms with Crippen molar-refractivity contribution in [2.75, 3.05) is 13.1 Å². The van der Waals surface area contributed by atoms with E-state index < -0.39 is 0 Å². The number of likely N-dealkylation sites (tertiary alicyclic amines) is 1. The molecule has 4 nitrogen and oxygen atoms in total. The smallest absolute Gasteiger partial charge is 0.239 e. The van der Waals surface area contributed by atoms with Crippen molar-refractivity contribution in [1.29, 1.82) is 0 Å². The number of aromatic nitrogens is 1. The first-order valence-corrected chi connectivity index (χ1v) is 7.33. The van der Waals surface area contributed by atoms with Crippen LogP contribution in [0.3, 0.4) is 0 Å². The summed E-state index contributed by atoms with van der Waals surface area (Å²) >= 11 is 0. The number of nitrogens with one attached hydrogen (secondary N) is 2. The predicted octanol–water partition coefficient (Wildman–Crippen LogP) is 2.27. The molecule has 1 aromatic carbocycles. The van der Waals surface area contributed by atoms with Crippen LogP contribution in [0, 0.1) is 0 Å². The van der Waals surface area contributed by atoms with Gasteiger partial charge in [0.2, 0.25) is 5.91 Å². The fourth-order valence-corrected chi connectivity index (χ4v) is 2.87. The summed E-state index contributed by atoms with van der Waals surface area (Å²) in [5.74, 6) is 0.226. The molecular formula is C16H21N3O. The van der Waals surface area contributed by atoms with Crippen molar-refractivity contribution in [2.24, 2.45) is 0 Å². The van der Waals surface area contributed by atoms with Gasteiger partial charge in [0.25, 0.3) is 0 Å². The molecule has 2 N–H and O–H groups in total. The van der Waals surface area contributed by atoms with Crippen LogP contribution in [0.25, 0.3) is 10.9 Å². The molecule has 1 saturated heterocycles. The molecule has 2 aromatic rings. The summed E-state index contributed by atoms with van der Waals surface area (Å²) in [7, 11) is 0. The Bertz CT molecular complexity index is 599. The van der Waals surface area contributed by atoms with Gasteiger partial charge in [0.05, 0.1) is 6.04 Å². The van der Waals surface area contributed by atoms with E-state index in [2.05, 4.69) is 28.5 Å². The summed E-state index contributed by atoms with van der Waals surface area (Å²) in [4.78, 5) is 17.4. The molecule has 20 heavy (non-hydrogen) atoms. The third-order valence-electron chi connectivity index (χ3n) is 4.07. The molecule has 106 valence electrons. The predicted molar refractivity (Wildman–Crippen MR) is 80.4 cm³/mol. The average molecular weight is 271 g/mol. The van der Waals surface area contributed by atoms with Crippen LogP contribution in [0.2, 0.25) is 0 Å². The number of hydrogen-bond donors (Lipinski definition) is 2. The Morgan fingerprint density at radius 2 is 2.15 bits per heavy atom. The van der Waals surface area contributed by atoms with Gasteiger partial charge in [-0.3, -0.25) is 4.79 Å². The molecular weight excluding hydrogens is 250 g/mol. The Labute approximate surface area is 119 Å². The maximum Gasteiger partial charge on any atom is 0.239 e. The summed E-state index contributed by atoms with van der Waals surface area (Å²) < 4.78 is 0. The second-order valence-corrected chi connectivity index (χ2v) is 5.49. The van der Waals surface area contributed by atoms with E-state index in [0.29, 0.717) is 0 Å². The van der Waals surface area contributed by atoms with Gasteiger partial charge in [-0.05, 0) is 37.5 Å². The van der Waals surface area contributed by atoms with Crippen LogP contribution < -0.4 is 5.32 Å². The molecule has 1 fully saturated rings. The number of benzene rings is 1. The Morgan fingerprint density at radius 1 is 1.35 bits per heavy atom. The topological polar surface area (TPSA) is 48.1 Å². The number of H-pyrrole nitrogens is 1. The highest BCUT2D eigenvalue weighted by Crippen LogP contribution is 2.17. The minimum atomic E-state index is -0.123. The van der Waals surface area contributed by atoms with E-state index in [1.807, 2.05) is 24.1 Å². The fraction of sp³-hybridized carbons (Fsp3) is 0.438. The zero-order valence-electron chi connectivity index (χ0n) is 11.9. The Morgan fingerprint density at radius 3 is 2.95 bits per heavy atom. The van der Waals surface area contributed by atoms with E-state index in [-0.39, 0.29) is 11.9 Å². The number of rotatable bonds is 4. The zero-order chi connectivity index (χ0) is 13.9. The van der Waals surface area contributed by atoms with Gasteiger partial charge in [-0.2, -0.15) is 0 Å². The molecule has 2 heterocycles. The average Bonchev–Trinajstić information content (AvgIpc) is 3.14. The molecule has 0 aliphatic carbocycles. The molecule has 0 saturated carbocycles. The maximum atomic E-state index is 12.2. The van der Waals surface area contributed by atoms with Crippen LogP contribution in [0.1, 0.15) is 25.3 Å². The number of nitrogens with zero attached hydrogens (tertiary/aromatic N) is 1.